The standard InChI is InChI=1S/C12H24N2/c1-2-9-14(10-3-1)11-6-12-4-7-13-8-5-12/h12-13H,1-11H2. The molecule has 0 amide bonds. The van der Waals surface area contributed by atoms with Crippen molar-refractivity contribution < 1.29 is 0 Å². The second kappa shape index (κ2) is 5.72. The lowest BCUT2D eigenvalue weighted by molar-refractivity contribution is 0.203. The summed E-state index contributed by atoms with van der Waals surface area (Å²) in [5.41, 5.74) is 0. The van der Waals surface area contributed by atoms with Crippen LogP contribution in [0.25, 0.3) is 0 Å². The average molecular weight is 196 g/mol. The highest BCUT2D eigenvalue weighted by Gasteiger charge is 2.15. The fraction of sp³-hybridized carbons (Fsp3) is 1.00. The van der Waals surface area contributed by atoms with Crippen LogP contribution in [0.3, 0.4) is 0 Å². The Morgan fingerprint density at radius 2 is 1.71 bits per heavy atom. The molecule has 2 saturated heterocycles. The van der Waals surface area contributed by atoms with Crippen molar-refractivity contribution in [2.45, 2.75) is 38.5 Å². The van der Waals surface area contributed by atoms with Gasteiger partial charge in [0.25, 0.3) is 0 Å². The molecule has 0 aromatic carbocycles. The topological polar surface area (TPSA) is 15.3 Å². The second-order valence-corrected chi connectivity index (χ2v) is 4.88. The summed E-state index contributed by atoms with van der Waals surface area (Å²) >= 11 is 0. The van der Waals surface area contributed by atoms with Crippen molar-refractivity contribution in [2.24, 2.45) is 5.92 Å². The molecule has 0 aromatic heterocycles. The van der Waals surface area contributed by atoms with E-state index in [1.54, 1.807) is 0 Å². The van der Waals surface area contributed by atoms with E-state index in [9.17, 15) is 0 Å². The van der Waals surface area contributed by atoms with E-state index in [0.29, 0.717) is 0 Å². The molecule has 2 fully saturated rings. The summed E-state index contributed by atoms with van der Waals surface area (Å²) < 4.78 is 0. The highest BCUT2D eigenvalue weighted by molar-refractivity contribution is 4.71. The third-order valence-corrected chi connectivity index (χ3v) is 3.76. The smallest absolute Gasteiger partial charge is 0.00161 e. The van der Waals surface area contributed by atoms with Gasteiger partial charge >= 0.3 is 0 Å². The Labute approximate surface area is 88.1 Å². The minimum absolute atomic E-state index is 1.01. The van der Waals surface area contributed by atoms with Crippen molar-refractivity contribution >= 4 is 0 Å². The zero-order chi connectivity index (χ0) is 9.64. The van der Waals surface area contributed by atoms with Gasteiger partial charge in [-0.3, -0.25) is 0 Å². The van der Waals surface area contributed by atoms with Crippen LogP contribution in [0.5, 0.6) is 0 Å². The molecule has 2 heteroatoms. The molecule has 0 spiro atoms. The molecule has 2 aliphatic heterocycles. The van der Waals surface area contributed by atoms with E-state index in [1.165, 1.54) is 71.2 Å². The van der Waals surface area contributed by atoms with Crippen LogP contribution in [0.1, 0.15) is 38.5 Å². The third kappa shape index (κ3) is 3.25. The normalized spacial score (nSPS) is 26.6. The Morgan fingerprint density at radius 3 is 2.43 bits per heavy atom. The Bertz CT molecular complexity index is 128. The maximum absolute atomic E-state index is 3.44. The summed E-state index contributed by atoms with van der Waals surface area (Å²) in [4.78, 5) is 2.67. The van der Waals surface area contributed by atoms with Crippen LogP contribution in [-0.2, 0) is 0 Å². The monoisotopic (exact) mass is 196 g/mol. The molecule has 0 radical (unpaired) electrons. The van der Waals surface area contributed by atoms with Crippen molar-refractivity contribution in [1.29, 1.82) is 0 Å². The van der Waals surface area contributed by atoms with E-state index in [1.807, 2.05) is 0 Å². The van der Waals surface area contributed by atoms with E-state index in [2.05, 4.69) is 10.2 Å². The number of nitrogens with zero attached hydrogens (tertiary/aromatic N) is 1. The summed E-state index contributed by atoms with van der Waals surface area (Å²) in [6.07, 6.45) is 8.60. The van der Waals surface area contributed by atoms with Gasteiger partial charge in [-0.05, 0) is 70.7 Å². The van der Waals surface area contributed by atoms with Gasteiger partial charge in [0, 0.05) is 0 Å². The molecule has 0 aliphatic carbocycles. The maximum atomic E-state index is 3.44. The minimum atomic E-state index is 1.01. The molecule has 0 unspecified atom stereocenters. The molecule has 0 aromatic rings. The van der Waals surface area contributed by atoms with E-state index in [4.69, 9.17) is 0 Å². The molecule has 14 heavy (non-hydrogen) atoms. The second-order valence-electron chi connectivity index (χ2n) is 4.88. The maximum Gasteiger partial charge on any atom is -0.00161 e. The molecule has 0 bridgehead atoms. The highest BCUT2D eigenvalue weighted by Crippen LogP contribution is 2.17. The average Bonchev–Trinajstić information content (AvgIpc) is 2.29. The minimum Gasteiger partial charge on any atom is -0.317 e. The van der Waals surface area contributed by atoms with Gasteiger partial charge < -0.3 is 10.2 Å². The van der Waals surface area contributed by atoms with E-state index < -0.39 is 0 Å². The summed E-state index contributed by atoms with van der Waals surface area (Å²) in [5.74, 6) is 1.01. The SMILES string of the molecule is C1CCN(CCC2CCNCC2)CC1. The van der Waals surface area contributed by atoms with Gasteiger partial charge in [0.2, 0.25) is 0 Å². The lowest BCUT2D eigenvalue weighted by atomic mass is 9.94. The van der Waals surface area contributed by atoms with Gasteiger partial charge in [0.1, 0.15) is 0 Å². The predicted molar refractivity (Wildman–Crippen MR) is 60.5 cm³/mol. The van der Waals surface area contributed by atoms with Gasteiger partial charge in [-0.1, -0.05) is 6.42 Å². The van der Waals surface area contributed by atoms with Gasteiger partial charge in [0.15, 0.2) is 0 Å². The summed E-state index contributed by atoms with van der Waals surface area (Å²) in [6, 6.07) is 0. The molecule has 82 valence electrons. The predicted octanol–water partition coefficient (Wildman–Crippen LogP) is 1.86. The zero-order valence-electron chi connectivity index (χ0n) is 9.30. The fourth-order valence-corrected chi connectivity index (χ4v) is 2.72. The number of rotatable bonds is 3. The van der Waals surface area contributed by atoms with Crippen molar-refractivity contribution in [3.8, 4) is 0 Å². The molecule has 2 heterocycles. The first-order valence-corrected chi connectivity index (χ1v) is 6.38. The van der Waals surface area contributed by atoms with Crippen LogP contribution in [0.2, 0.25) is 0 Å². The van der Waals surface area contributed by atoms with Gasteiger partial charge in [0.05, 0.1) is 0 Å². The van der Waals surface area contributed by atoms with Gasteiger partial charge in [-0.2, -0.15) is 0 Å². The molecule has 2 rings (SSSR count). The molecule has 2 aliphatic rings. The quantitative estimate of drug-likeness (QED) is 0.741. The first-order chi connectivity index (χ1) is 6.95. The van der Waals surface area contributed by atoms with E-state index in [-0.39, 0.29) is 0 Å². The molecule has 0 saturated carbocycles. The number of likely N-dealkylation sites (tertiary alicyclic amines) is 1. The van der Waals surface area contributed by atoms with Gasteiger partial charge in [-0.15, -0.1) is 0 Å². The molecule has 0 atom stereocenters. The van der Waals surface area contributed by atoms with Crippen LogP contribution in [0, 0.1) is 5.92 Å². The van der Waals surface area contributed by atoms with E-state index in [0.717, 1.165) is 5.92 Å². The van der Waals surface area contributed by atoms with Crippen molar-refractivity contribution in [1.82, 2.24) is 10.2 Å². The van der Waals surface area contributed by atoms with Crippen molar-refractivity contribution in [2.75, 3.05) is 32.7 Å². The first-order valence-electron chi connectivity index (χ1n) is 6.38. The van der Waals surface area contributed by atoms with Crippen LogP contribution in [-0.4, -0.2) is 37.6 Å². The third-order valence-electron chi connectivity index (χ3n) is 3.76. The van der Waals surface area contributed by atoms with E-state index >= 15 is 0 Å². The summed E-state index contributed by atoms with van der Waals surface area (Å²) in [6.45, 7) is 6.61. The lowest BCUT2D eigenvalue weighted by Gasteiger charge is -2.29. The Morgan fingerprint density at radius 1 is 1.00 bits per heavy atom. The molecule has 2 nitrogen and oxygen atoms in total. The van der Waals surface area contributed by atoms with Crippen molar-refractivity contribution in [3.05, 3.63) is 0 Å². The molecular weight excluding hydrogens is 172 g/mol. The fourth-order valence-electron chi connectivity index (χ4n) is 2.72. The van der Waals surface area contributed by atoms with Crippen LogP contribution in [0.15, 0.2) is 0 Å². The highest BCUT2D eigenvalue weighted by atomic mass is 15.1. The van der Waals surface area contributed by atoms with Gasteiger partial charge in [-0.25, -0.2) is 0 Å². The number of nitrogens with one attached hydrogen (secondary N) is 1. The van der Waals surface area contributed by atoms with Crippen LogP contribution < -0.4 is 5.32 Å². The molecule has 1 N–H and O–H groups in total. The number of hydrogen-bond acceptors (Lipinski definition) is 2. The van der Waals surface area contributed by atoms with Crippen molar-refractivity contribution in [3.63, 3.8) is 0 Å². The summed E-state index contributed by atoms with van der Waals surface area (Å²) in [7, 11) is 0. The lowest BCUT2D eigenvalue weighted by Crippen LogP contribution is -2.34. The largest absolute Gasteiger partial charge is 0.317 e. The molecular formula is C12H24N2. The Kier molecular flexibility index (Phi) is 4.26. The number of hydrogen-bond donors (Lipinski definition) is 1. The van der Waals surface area contributed by atoms with Crippen LogP contribution >= 0.6 is 0 Å². The Balaban J connectivity index is 1.60. The first kappa shape index (κ1) is 10.4. The summed E-state index contributed by atoms with van der Waals surface area (Å²) in [5, 5.41) is 3.44. The number of piperidine rings is 2. The van der Waals surface area contributed by atoms with Crippen LogP contribution in [0.4, 0.5) is 0 Å². The Hall–Kier alpha value is -0.0800. The zero-order valence-corrected chi connectivity index (χ0v) is 9.30.